The summed E-state index contributed by atoms with van der Waals surface area (Å²) in [6.45, 7) is 8.94. The average molecular weight is 341 g/mol. The van der Waals surface area contributed by atoms with E-state index in [9.17, 15) is 4.79 Å². The Morgan fingerprint density at radius 1 is 1.32 bits per heavy atom. The minimum atomic E-state index is -0.0508. The zero-order valence-electron chi connectivity index (χ0n) is 15.3. The number of fused-ring (bicyclic) bond motifs is 1. The van der Waals surface area contributed by atoms with Gasteiger partial charge in [0.15, 0.2) is 11.5 Å². The summed E-state index contributed by atoms with van der Waals surface area (Å²) < 4.78 is 11.1. The minimum Gasteiger partial charge on any atom is -0.493 e. The van der Waals surface area contributed by atoms with Crippen molar-refractivity contribution >= 4 is 12.0 Å². The highest BCUT2D eigenvalue weighted by atomic mass is 16.5. The van der Waals surface area contributed by atoms with Gasteiger partial charge in [0, 0.05) is 12.6 Å². The molecule has 0 radical (unpaired) electrons. The molecule has 1 N–H and O–H groups in total. The van der Waals surface area contributed by atoms with Crippen LogP contribution in [0.15, 0.2) is 42.5 Å². The minimum absolute atomic E-state index is 0.0508. The molecule has 0 saturated heterocycles. The van der Waals surface area contributed by atoms with Gasteiger partial charge in [-0.2, -0.15) is 0 Å². The van der Waals surface area contributed by atoms with E-state index in [2.05, 4.69) is 31.8 Å². The first kappa shape index (κ1) is 18.8. The number of ether oxygens (including phenoxy) is 2. The van der Waals surface area contributed by atoms with Crippen molar-refractivity contribution in [2.75, 3.05) is 20.3 Å². The number of rotatable bonds is 8. The lowest BCUT2D eigenvalue weighted by molar-refractivity contribution is -0.116. The van der Waals surface area contributed by atoms with Crippen molar-refractivity contribution in [2.45, 2.75) is 26.7 Å². The van der Waals surface area contributed by atoms with Gasteiger partial charge in [0.1, 0.15) is 6.61 Å². The summed E-state index contributed by atoms with van der Waals surface area (Å²) in [4.78, 5) is 11.8. The Kier molecular flexibility index (Phi) is 6.87. The van der Waals surface area contributed by atoms with Crippen LogP contribution in [0.5, 0.6) is 11.5 Å². The van der Waals surface area contributed by atoms with Crippen LogP contribution in [0.4, 0.5) is 0 Å². The molecule has 0 atom stereocenters. The molecule has 134 valence electrons. The lowest BCUT2D eigenvalue weighted by Crippen LogP contribution is -2.25. The van der Waals surface area contributed by atoms with Crippen molar-refractivity contribution in [1.29, 1.82) is 0 Å². The third-order valence-corrected chi connectivity index (χ3v) is 3.94. The molecule has 1 aliphatic rings. The van der Waals surface area contributed by atoms with E-state index >= 15 is 0 Å². The third kappa shape index (κ3) is 5.52. The summed E-state index contributed by atoms with van der Waals surface area (Å²) in [7, 11) is 1.64. The molecule has 1 aliphatic carbocycles. The van der Waals surface area contributed by atoms with Gasteiger partial charge in [0.25, 0.3) is 0 Å². The zero-order valence-corrected chi connectivity index (χ0v) is 15.3. The van der Waals surface area contributed by atoms with Crippen molar-refractivity contribution in [2.24, 2.45) is 5.92 Å². The summed E-state index contributed by atoms with van der Waals surface area (Å²) in [5.74, 6) is 1.84. The van der Waals surface area contributed by atoms with Crippen molar-refractivity contribution in [1.82, 2.24) is 5.32 Å². The Morgan fingerprint density at radius 2 is 2.12 bits per heavy atom. The van der Waals surface area contributed by atoms with Crippen LogP contribution in [0.2, 0.25) is 0 Å². The maximum absolute atomic E-state index is 11.8. The Labute approximate surface area is 150 Å². The highest BCUT2D eigenvalue weighted by Crippen LogP contribution is 2.35. The largest absolute Gasteiger partial charge is 0.493 e. The van der Waals surface area contributed by atoms with Crippen molar-refractivity contribution < 1.29 is 14.3 Å². The number of carbonyl (C=O) groups is 1. The quantitative estimate of drug-likeness (QED) is 0.576. The van der Waals surface area contributed by atoms with Gasteiger partial charge in [-0.25, -0.2) is 0 Å². The van der Waals surface area contributed by atoms with Gasteiger partial charge in [-0.3, -0.25) is 4.79 Å². The molecular formula is C21H27NO3. The van der Waals surface area contributed by atoms with E-state index in [1.54, 1.807) is 19.3 Å². The zero-order chi connectivity index (χ0) is 18.2. The number of methoxy groups -OCH3 is 1. The standard InChI is InChI=1S/C21H27NO3/c1-5-10-25-20-13-18-11-16(6-8-17(18)12-19(20)24-4)7-9-21(23)22-14-15(2)3/h5,7,9,11-13,15H,1,6,8,10,14H2,2-4H3,(H,22,23)/b9-7+. The van der Waals surface area contributed by atoms with Gasteiger partial charge in [-0.05, 0) is 47.6 Å². The summed E-state index contributed by atoms with van der Waals surface area (Å²) in [5, 5.41) is 2.89. The molecule has 1 aromatic rings. The molecule has 1 amide bonds. The molecule has 0 saturated carbocycles. The van der Waals surface area contributed by atoms with Gasteiger partial charge < -0.3 is 14.8 Å². The monoisotopic (exact) mass is 341 g/mol. The maximum Gasteiger partial charge on any atom is 0.243 e. The Balaban J connectivity index is 2.14. The van der Waals surface area contributed by atoms with Crippen LogP contribution in [0.3, 0.4) is 0 Å². The highest BCUT2D eigenvalue weighted by molar-refractivity contribution is 5.88. The molecule has 1 aromatic carbocycles. The summed E-state index contributed by atoms with van der Waals surface area (Å²) >= 11 is 0. The van der Waals surface area contributed by atoms with Crippen molar-refractivity contribution in [3.05, 3.63) is 53.6 Å². The highest BCUT2D eigenvalue weighted by Gasteiger charge is 2.14. The van der Waals surface area contributed by atoms with Crippen molar-refractivity contribution in [3.63, 3.8) is 0 Å². The molecule has 0 spiro atoms. The van der Waals surface area contributed by atoms with Crippen LogP contribution in [-0.2, 0) is 11.2 Å². The number of nitrogens with one attached hydrogen (secondary N) is 1. The first-order chi connectivity index (χ1) is 12.0. The Bertz CT molecular complexity index is 687. The van der Waals surface area contributed by atoms with E-state index in [1.807, 2.05) is 18.2 Å². The number of hydrogen-bond acceptors (Lipinski definition) is 3. The van der Waals surface area contributed by atoms with E-state index in [-0.39, 0.29) is 5.91 Å². The molecule has 25 heavy (non-hydrogen) atoms. The predicted molar refractivity (Wildman–Crippen MR) is 102 cm³/mol. The second-order valence-corrected chi connectivity index (χ2v) is 6.49. The first-order valence-electron chi connectivity index (χ1n) is 8.64. The van der Waals surface area contributed by atoms with Gasteiger partial charge >= 0.3 is 0 Å². The van der Waals surface area contributed by atoms with Crippen molar-refractivity contribution in [3.8, 4) is 11.5 Å². The van der Waals surface area contributed by atoms with Crippen LogP contribution in [0, 0.1) is 5.92 Å². The number of allylic oxidation sites excluding steroid dienone is 2. The second kappa shape index (κ2) is 9.11. The topological polar surface area (TPSA) is 47.6 Å². The van der Waals surface area contributed by atoms with Gasteiger partial charge in [0.2, 0.25) is 5.91 Å². The number of aryl methyl sites for hydroxylation is 1. The van der Waals surface area contributed by atoms with E-state index in [4.69, 9.17) is 9.47 Å². The summed E-state index contributed by atoms with van der Waals surface area (Å²) in [6, 6.07) is 4.02. The van der Waals surface area contributed by atoms with Gasteiger partial charge in [-0.1, -0.05) is 38.7 Å². The molecule has 0 fully saturated rings. The Morgan fingerprint density at radius 3 is 2.80 bits per heavy atom. The predicted octanol–water partition coefficient (Wildman–Crippen LogP) is 3.92. The van der Waals surface area contributed by atoms with Gasteiger partial charge in [-0.15, -0.1) is 0 Å². The molecule has 0 aliphatic heterocycles. The average Bonchev–Trinajstić information content (AvgIpc) is 2.61. The fourth-order valence-corrected chi connectivity index (χ4v) is 2.62. The number of benzene rings is 1. The normalized spacial score (nSPS) is 13.4. The Hall–Kier alpha value is -2.49. The number of amides is 1. The van der Waals surface area contributed by atoms with Crippen LogP contribution < -0.4 is 14.8 Å². The molecule has 4 nitrogen and oxygen atoms in total. The SMILES string of the molecule is C=CCOc1cc2c(cc1OC)CCC(/C=C/C(=O)NCC(C)C)=C2. The second-order valence-electron chi connectivity index (χ2n) is 6.49. The molecule has 0 unspecified atom stereocenters. The summed E-state index contributed by atoms with van der Waals surface area (Å²) in [6.07, 6.45) is 9.13. The lowest BCUT2D eigenvalue weighted by atomic mass is 9.91. The molecule has 2 rings (SSSR count). The molecule has 0 bridgehead atoms. The molecular weight excluding hydrogens is 314 g/mol. The van der Waals surface area contributed by atoms with Crippen LogP contribution in [0.1, 0.15) is 31.4 Å². The fraction of sp³-hybridized carbons (Fsp3) is 0.381. The van der Waals surface area contributed by atoms with Crippen LogP contribution in [0.25, 0.3) is 6.08 Å². The van der Waals surface area contributed by atoms with E-state index in [0.717, 1.165) is 29.7 Å². The summed E-state index contributed by atoms with van der Waals surface area (Å²) in [5.41, 5.74) is 3.46. The third-order valence-electron chi connectivity index (χ3n) is 3.94. The maximum atomic E-state index is 11.8. The lowest BCUT2D eigenvalue weighted by Gasteiger charge is -2.18. The van der Waals surface area contributed by atoms with Gasteiger partial charge in [0.05, 0.1) is 7.11 Å². The van der Waals surface area contributed by atoms with E-state index < -0.39 is 0 Å². The number of carbonyl (C=O) groups excluding carboxylic acids is 1. The molecule has 0 heterocycles. The van der Waals surface area contributed by atoms with E-state index in [1.165, 1.54) is 5.56 Å². The number of hydrogen-bond donors (Lipinski definition) is 1. The first-order valence-corrected chi connectivity index (χ1v) is 8.64. The van der Waals surface area contributed by atoms with Crippen LogP contribution in [-0.4, -0.2) is 26.2 Å². The van der Waals surface area contributed by atoms with Crippen LogP contribution >= 0.6 is 0 Å². The molecule has 0 aromatic heterocycles. The smallest absolute Gasteiger partial charge is 0.243 e. The van der Waals surface area contributed by atoms with E-state index in [0.29, 0.717) is 24.8 Å². The molecule has 4 heteroatoms. The fourth-order valence-electron chi connectivity index (χ4n) is 2.62.